The Bertz CT molecular complexity index is 1620. The van der Waals surface area contributed by atoms with E-state index in [4.69, 9.17) is 30.8 Å². The Labute approximate surface area is 286 Å². The molecule has 0 spiro atoms. The lowest BCUT2D eigenvalue weighted by Gasteiger charge is -2.40. The maximum atomic E-state index is 13.6. The number of nitrogen functional groups attached to an aromatic ring is 1. The van der Waals surface area contributed by atoms with Gasteiger partial charge in [-0.15, -0.1) is 11.3 Å². The molecule has 1 aliphatic carbocycles. The molecule has 4 N–H and O–H groups in total. The number of thiophene rings is 1. The highest BCUT2D eigenvalue weighted by Crippen LogP contribution is 2.46. The van der Waals surface area contributed by atoms with Crippen molar-refractivity contribution in [3.63, 3.8) is 0 Å². The number of hydrogen-bond acceptors (Lipinski definition) is 13. The Morgan fingerprint density at radius 1 is 1.23 bits per heavy atom. The Balaban J connectivity index is 1.40. The standard InChI is InChI=1S/C33H47N9O5S/c1-19-18-41(14-15-42(19)31(44)46-32(3,4)5)25-16-22(37-30(38-25)45-20(2)23-10-9-13-40(23)7)27(35)39-47-29(43)33(6)12-8-11-24-26(33)21(17-34)28(36)48-24/h16,19-20,23H,8-15,18,36H2,1-7H3,(H2,35,39)/t19-,20-,23-,33-/m0/s1. The van der Waals surface area contributed by atoms with E-state index in [0.717, 1.165) is 37.1 Å². The second kappa shape index (κ2) is 13.8. The van der Waals surface area contributed by atoms with Crippen molar-refractivity contribution in [2.24, 2.45) is 10.9 Å². The van der Waals surface area contributed by atoms with E-state index < -0.39 is 17.0 Å². The molecule has 3 aliphatic rings. The van der Waals surface area contributed by atoms with E-state index in [1.54, 1.807) is 17.9 Å². The van der Waals surface area contributed by atoms with Crippen LogP contribution in [0.15, 0.2) is 11.2 Å². The molecule has 1 amide bonds. The predicted molar refractivity (Wildman–Crippen MR) is 183 cm³/mol. The van der Waals surface area contributed by atoms with Crippen molar-refractivity contribution in [1.29, 1.82) is 5.26 Å². The predicted octanol–water partition coefficient (Wildman–Crippen LogP) is 3.76. The lowest BCUT2D eigenvalue weighted by Crippen LogP contribution is -2.55. The third kappa shape index (κ3) is 7.29. The number of ether oxygens (including phenoxy) is 2. The number of piperazine rings is 1. The largest absolute Gasteiger partial charge is 0.459 e. The van der Waals surface area contributed by atoms with Gasteiger partial charge in [0.05, 0.1) is 11.0 Å². The van der Waals surface area contributed by atoms with Gasteiger partial charge in [0.25, 0.3) is 0 Å². The fourth-order valence-electron chi connectivity index (χ4n) is 6.83. The maximum Gasteiger partial charge on any atom is 0.410 e. The van der Waals surface area contributed by atoms with Gasteiger partial charge in [-0.3, -0.25) is 4.90 Å². The van der Waals surface area contributed by atoms with E-state index >= 15 is 0 Å². The quantitative estimate of drug-likeness (QED) is 0.187. The van der Waals surface area contributed by atoms with E-state index in [-0.39, 0.29) is 41.8 Å². The van der Waals surface area contributed by atoms with E-state index in [1.807, 2.05) is 39.5 Å². The van der Waals surface area contributed by atoms with Crippen molar-refractivity contribution in [3.8, 4) is 12.1 Å². The van der Waals surface area contributed by atoms with Gasteiger partial charge in [-0.2, -0.15) is 15.2 Å². The molecule has 4 heterocycles. The van der Waals surface area contributed by atoms with Crippen LogP contribution < -0.4 is 21.1 Å². The van der Waals surface area contributed by atoms with E-state index in [9.17, 15) is 14.9 Å². The van der Waals surface area contributed by atoms with Crippen molar-refractivity contribution in [3.05, 3.63) is 27.8 Å². The number of aromatic nitrogens is 2. The Morgan fingerprint density at radius 3 is 2.62 bits per heavy atom. The Kier molecular flexibility index (Phi) is 10.1. The van der Waals surface area contributed by atoms with Gasteiger partial charge < -0.3 is 35.6 Å². The van der Waals surface area contributed by atoms with Crippen LogP contribution in [-0.4, -0.2) is 94.7 Å². The van der Waals surface area contributed by atoms with E-state index in [2.05, 4.69) is 28.2 Å². The number of fused-ring (bicyclic) bond motifs is 1. The molecule has 2 aliphatic heterocycles. The van der Waals surface area contributed by atoms with Gasteiger partial charge in [-0.25, -0.2) is 9.59 Å². The Morgan fingerprint density at radius 2 is 1.98 bits per heavy atom. The molecule has 0 bridgehead atoms. The normalized spacial score (nSPS) is 24.1. The third-order valence-electron chi connectivity index (χ3n) is 9.37. The van der Waals surface area contributed by atoms with Crippen molar-refractivity contribution in [2.45, 2.75) is 103 Å². The van der Waals surface area contributed by atoms with Crippen LogP contribution in [0.2, 0.25) is 0 Å². The molecule has 48 heavy (non-hydrogen) atoms. The molecule has 260 valence electrons. The molecule has 2 saturated heterocycles. The summed E-state index contributed by atoms with van der Waals surface area (Å²) >= 11 is 1.34. The monoisotopic (exact) mass is 681 g/mol. The van der Waals surface area contributed by atoms with Crippen LogP contribution >= 0.6 is 11.3 Å². The SMILES string of the molecule is C[C@H](Oc1nc(/C(N)=N/OC(=O)[C@@]2(C)CCCc3sc(N)c(C#N)c32)cc(N2CCN(C(=O)OC(C)(C)C)[C@@H](C)C2)n1)[C@@H]1CCCN1C. The van der Waals surface area contributed by atoms with Crippen LogP contribution in [0.1, 0.15) is 88.9 Å². The van der Waals surface area contributed by atoms with Gasteiger partial charge in [0.15, 0.2) is 5.84 Å². The van der Waals surface area contributed by atoms with Gasteiger partial charge in [0.1, 0.15) is 34.3 Å². The van der Waals surface area contributed by atoms with Crippen molar-refractivity contribution >= 4 is 40.1 Å². The number of carbonyl (C=O) groups is 2. The summed E-state index contributed by atoms with van der Waals surface area (Å²) in [5, 5.41) is 14.2. The summed E-state index contributed by atoms with van der Waals surface area (Å²) in [4.78, 5) is 48.1. The zero-order valence-electron chi connectivity index (χ0n) is 28.9. The highest BCUT2D eigenvalue weighted by molar-refractivity contribution is 7.16. The number of nitrogens with zero attached hydrogens (tertiary/aromatic N) is 7. The molecular weight excluding hydrogens is 634 g/mol. The highest BCUT2D eigenvalue weighted by atomic mass is 32.1. The van der Waals surface area contributed by atoms with E-state index in [1.165, 1.54) is 11.3 Å². The van der Waals surface area contributed by atoms with Gasteiger partial charge in [0.2, 0.25) is 0 Å². The van der Waals surface area contributed by atoms with E-state index in [0.29, 0.717) is 48.0 Å². The average molecular weight is 682 g/mol. The van der Waals surface area contributed by atoms with Crippen molar-refractivity contribution in [1.82, 2.24) is 19.8 Å². The molecule has 2 aromatic rings. The molecule has 0 saturated carbocycles. The number of nitrogens with two attached hydrogens (primary N) is 2. The summed E-state index contributed by atoms with van der Waals surface area (Å²) in [7, 11) is 2.07. The number of anilines is 2. The molecule has 14 nitrogen and oxygen atoms in total. The summed E-state index contributed by atoms with van der Waals surface area (Å²) in [6, 6.07) is 3.99. The topological polar surface area (TPSA) is 186 Å². The number of likely N-dealkylation sites (tertiary alicyclic amines) is 1. The first-order valence-corrected chi connectivity index (χ1v) is 17.3. The first kappa shape index (κ1) is 35.2. The van der Waals surface area contributed by atoms with Crippen LogP contribution in [0.4, 0.5) is 15.6 Å². The summed E-state index contributed by atoms with van der Waals surface area (Å²) in [6.45, 7) is 13.6. The van der Waals surface area contributed by atoms with Crippen LogP contribution in [-0.2, 0) is 26.2 Å². The van der Waals surface area contributed by atoms with Gasteiger partial charge in [0, 0.05) is 48.2 Å². The summed E-state index contributed by atoms with van der Waals surface area (Å²) in [6.07, 6.45) is 3.49. The molecule has 0 radical (unpaired) electrons. The second-order valence-electron chi connectivity index (χ2n) is 14.2. The van der Waals surface area contributed by atoms with Gasteiger partial charge >= 0.3 is 18.1 Å². The first-order valence-electron chi connectivity index (χ1n) is 16.5. The summed E-state index contributed by atoms with van der Waals surface area (Å²) in [5.41, 5.74) is 12.0. The molecule has 2 fully saturated rings. The van der Waals surface area contributed by atoms with Gasteiger partial charge in [-0.1, -0.05) is 5.16 Å². The number of hydrogen-bond donors (Lipinski definition) is 2. The molecular formula is C33H47N9O5S. The highest BCUT2D eigenvalue weighted by Gasteiger charge is 2.45. The van der Waals surface area contributed by atoms with Crippen LogP contribution in [0.25, 0.3) is 0 Å². The molecule has 0 unspecified atom stereocenters. The second-order valence-corrected chi connectivity index (χ2v) is 15.3. The minimum atomic E-state index is -1.10. The minimum absolute atomic E-state index is 0.123. The molecule has 5 rings (SSSR count). The number of aryl methyl sites for hydroxylation is 1. The first-order chi connectivity index (χ1) is 22.6. The lowest BCUT2D eigenvalue weighted by atomic mass is 9.72. The number of likely N-dealkylation sites (N-methyl/N-ethyl adjacent to an activating group) is 1. The molecule has 4 atom stereocenters. The number of rotatable bonds is 7. The zero-order valence-corrected chi connectivity index (χ0v) is 29.7. The Hall–Kier alpha value is -4.16. The van der Waals surface area contributed by atoms with Crippen LogP contribution in [0.5, 0.6) is 6.01 Å². The minimum Gasteiger partial charge on any atom is -0.459 e. The third-order valence-corrected chi connectivity index (χ3v) is 10.5. The fraction of sp³-hybridized carbons (Fsp3) is 0.636. The number of amides is 1. The van der Waals surface area contributed by atoms with Gasteiger partial charge in [-0.05, 0) is 87.2 Å². The number of nitriles is 1. The van der Waals surface area contributed by atoms with Crippen molar-refractivity contribution < 1.29 is 23.9 Å². The number of amidine groups is 1. The van der Waals surface area contributed by atoms with Crippen LogP contribution in [0.3, 0.4) is 0 Å². The summed E-state index contributed by atoms with van der Waals surface area (Å²) in [5.74, 6) is -0.220. The summed E-state index contributed by atoms with van der Waals surface area (Å²) < 4.78 is 11.9. The molecule has 15 heteroatoms. The van der Waals surface area contributed by atoms with Crippen LogP contribution in [0, 0.1) is 11.3 Å². The molecule has 2 aromatic heterocycles. The maximum absolute atomic E-state index is 13.6. The number of oxime groups is 1. The fourth-order valence-corrected chi connectivity index (χ4v) is 8.02. The lowest BCUT2D eigenvalue weighted by molar-refractivity contribution is -0.150. The number of carbonyl (C=O) groups excluding carboxylic acids is 2. The zero-order chi connectivity index (χ0) is 35.0. The smallest absolute Gasteiger partial charge is 0.410 e. The molecule has 0 aromatic carbocycles. The van der Waals surface area contributed by atoms with Crippen molar-refractivity contribution in [2.75, 3.05) is 43.9 Å². The average Bonchev–Trinajstić information content (AvgIpc) is 3.60.